The van der Waals surface area contributed by atoms with Gasteiger partial charge in [0.1, 0.15) is 23.1 Å². The van der Waals surface area contributed by atoms with Crippen LogP contribution in [0.1, 0.15) is 105 Å². The lowest BCUT2D eigenvalue weighted by Gasteiger charge is -2.15. The van der Waals surface area contributed by atoms with Crippen LogP contribution in [0.4, 0.5) is 0 Å². The van der Waals surface area contributed by atoms with Crippen molar-refractivity contribution in [2.24, 2.45) is 21.8 Å². The van der Waals surface area contributed by atoms with Gasteiger partial charge in [-0.2, -0.15) is 0 Å². The summed E-state index contributed by atoms with van der Waals surface area (Å²) in [5.74, 6) is 3.87. The van der Waals surface area contributed by atoms with Gasteiger partial charge in [0.2, 0.25) is 11.8 Å². The molecular weight excluding hydrogens is 804 g/mol. The van der Waals surface area contributed by atoms with E-state index in [0.29, 0.717) is 40.4 Å². The normalized spacial score (nSPS) is 14.8. The molecule has 2 aliphatic heterocycles. The number of carbonyl (C=O) groups excluding carboxylic acids is 2. The summed E-state index contributed by atoms with van der Waals surface area (Å²) in [5.41, 5.74) is 7.98. The average Bonchev–Trinajstić information content (AvgIpc) is 3.74. The molecule has 0 saturated heterocycles. The highest BCUT2D eigenvalue weighted by Crippen LogP contribution is 2.34. The Morgan fingerprint density at radius 3 is 1.55 bits per heavy atom. The number of aryl methyl sites for hydroxylation is 3. The molecule has 4 aromatic carbocycles. The lowest BCUT2D eigenvalue weighted by Crippen LogP contribution is -2.32. The maximum atomic E-state index is 12.7. The number of aliphatic imine (C=N–C) groups is 2. The molecule has 2 amide bonds. The van der Waals surface area contributed by atoms with Crippen LogP contribution in [0.5, 0.6) is 11.5 Å². The fourth-order valence-corrected chi connectivity index (χ4v) is 7.26. The summed E-state index contributed by atoms with van der Waals surface area (Å²) >= 11 is 6.10. The van der Waals surface area contributed by atoms with E-state index in [0.717, 1.165) is 50.9 Å². The summed E-state index contributed by atoms with van der Waals surface area (Å²) < 4.78 is 14.8. The van der Waals surface area contributed by atoms with Crippen LogP contribution in [-0.2, 0) is 9.59 Å². The molecule has 0 aliphatic carbocycles. The third kappa shape index (κ3) is 9.30. The van der Waals surface area contributed by atoms with Gasteiger partial charge in [0.05, 0.1) is 37.0 Å². The highest BCUT2D eigenvalue weighted by atomic mass is 35.5. The van der Waals surface area contributed by atoms with Crippen LogP contribution in [0, 0.1) is 32.6 Å². The Balaban J connectivity index is 0.000000204. The SMILES string of the molecule is C.COc1ccc2c(c1)C(c1ccc(C)cc1)=N[C@@H](NC(=O)CC(C)C)c1nnc(C)n1-2.COc1ccc2c(c1)C(c1ccc(Cl)cc1)=N[C@@H](NC(=O)C(C)C)c1nnc(C)n1-2. The van der Waals surface area contributed by atoms with Gasteiger partial charge in [-0.15, -0.1) is 20.4 Å². The lowest BCUT2D eigenvalue weighted by molar-refractivity contribution is -0.125. The molecule has 62 heavy (non-hydrogen) atoms. The number of ether oxygens (including phenoxy) is 2. The number of amides is 2. The van der Waals surface area contributed by atoms with Gasteiger partial charge in [-0.05, 0) is 75.2 Å². The van der Waals surface area contributed by atoms with Gasteiger partial charge in [-0.3, -0.25) is 28.7 Å². The maximum Gasteiger partial charge on any atom is 0.224 e. The quantitative estimate of drug-likeness (QED) is 0.147. The third-order valence-electron chi connectivity index (χ3n) is 10.2. The van der Waals surface area contributed by atoms with Crippen molar-refractivity contribution in [2.45, 2.75) is 74.6 Å². The number of hydrogen-bond donors (Lipinski definition) is 2. The number of halogens is 1. The summed E-state index contributed by atoms with van der Waals surface area (Å²) in [6.07, 6.45) is -0.924. The molecule has 4 heterocycles. The Morgan fingerprint density at radius 1 is 0.661 bits per heavy atom. The molecule has 0 saturated carbocycles. The maximum absolute atomic E-state index is 12.7. The van der Waals surface area contributed by atoms with Gasteiger partial charge in [0, 0.05) is 39.6 Å². The molecule has 0 spiro atoms. The Labute approximate surface area is 367 Å². The van der Waals surface area contributed by atoms with E-state index in [9.17, 15) is 9.59 Å². The van der Waals surface area contributed by atoms with E-state index in [-0.39, 0.29) is 31.1 Å². The van der Waals surface area contributed by atoms with Crippen LogP contribution < -0.4 is 20.1 Å². The molecule has 0 radical (unpaired) electrons. The van der Waals surface area contributed by atoms with Crippen LogP contribution in [0.15, 0.2) is 94.9 Å². The number of aromatic nitrogens is 6. The predicted octanol–water partition coefficient (Wildman–Crippen LogP) is 8.40. The number of benzene rings is 4. The van der Waals surface area contributed by atoms with E-state index in [1.807, 2.05) is 123 Å². The van der Waals surface area contributed by atoms with Crippen molar-refractivity contribution in [3.8, 4) is 22.9 Å². The first-order chi connectivity index (χ1) is 29.3. The summed E-state index contributed by atoms with van der Waals surface area (Å²) in [7, 11) is 3.27. The lowest BCUT2D eigenvalue weighted by atomic mass is 9.99. The molecule has 6 aromatic rings. The Bertz CT molecular complexity index is 2650. The monoisotopic (exact) mass is 856 g/mol. The van der Waals surface area contributed by atoms with E-state index < -0.39 is 12.3 Å². The van der Waals surface area contributed by atoms with Crippen molar-refractivity contribution in [1.29, 1.82) is 0 Å². The Morgan fingerprint density at radius 2 is 1.11 bits per heavy atom. The number of hydrogen-bond acceptors (Lipinski definition) is 10. The van der Waals surface area contributed by atoms with Crippen LogP contribution in [-0.4, -0.2) is 67.0 Å². The topological polar surface area (TPSA) is 163 Å². The van der Waals surface area contributed by atoms with Crippen molar-refractivity contribution < 1.29 is 19.1 Å². The first kappa shape index (κ1) is 44.9. The second kappa shape index (κ2) is 18.9. The van der Waals surface area contributed by atoms with Crippen LogP contribution in [0.2, 0.25) is 5.02 Å². The molecule has 2 atom stereocenters. The number of methoxy groups -OCH3 is 2. The number of carbonyl (C=O) groups is 2. The molecular formula is C47H53ClN10O4. The number of nitrogens with zero attached hydrogens (tertiary/aromatic N) is 8. The van der Waals surface area contributed by atoms with Crippen LogP contribution in [0.3, 0.4) is 0 Å². The molecule has 14 nitrogen and oxygen atoms in total. The van der Waals surface area contributed by atoms with E-state index in [1.54, 1.807) is 14.2 Å². The van der Waals surface area contributed by atoms with Gasteiger partial charge in [-0.25, -0.2) is 0 Å². The summed E-state index contributed by atoms with van der Waals surface area (Å²) in [5, 5.41) is 23.9. The zero-order valence-electron chi connectivity index (χ0n) is 35.7. The molecule has 2 N–H and O–H groups in total. The van der Waals surface area contributed by atoms with Crippen molar-refractivity contribution in [3.63, 3.8) is 0 Å². The average molecular weight is 857 g/mol. The van der Waals surface area contributed by atoms with Crippen LogP contribution in [0.25, 0.3) is 11.4 Å². The van der Waals surface area contributed by atoms with Crippen molar-refractivity contribution in [3.05, 3.63) is 141 Å². The van der Waals surface area contributed by atoms with Crippen LogP contribution >= 0.6 is 11.6 Å². The minimum atomic E-state index is -0.690. The van der Waals surface area contributed by atoms with E-state index in [4.69, 9.17) is 31.1 Å². The van der Waals surface area contributed by atoms with Gasteiger partial charge in [0.25, 0.3) is 0 Å². The smallest absolute Gasteiger partial charge is 0.224 e. The largest absolute Gasteiger partial charge is 0.497 e. The first-order valence-electron chi connectivity index (χ1n) is 20.1. The van der Waals surface area contributed by atoms with E-state index in [2.05, 4.69) is 50.1 Å². The summed E-state index contributed by atoms with van der Waals surface area (Å²) in [6.45, 7) is 13.5. The minimum absolute atomic E-state index is 0. The van der Waals surface area contributed by atoms with Gasteiger partial charge in [-0.1, -0.05) is 88.7 Å². The van der Waals surface area contributed by atoms with E-state index in [1.165, 1.54) is 5.56 Å². The molecule has 15 heteroatoms. The fourth-order valence-electron chi connectivity index (χ4n) is 7.13. The summed E-state index contributed by atoms with van der Waals surface area (Å²) in [6, 6.07) is 27.3. The minimum Gasteiger partial charge on any atom is -0.497 e. The second-order valence-corrected chi connectivity index (χ2v) is 16.0. The van der Waals surface area contributed by atoms with E-state index >= 15 is 0 Å². The van der Waals surface area contributed by atoms with Gasteiger partial charge < -0.3 is 20.1 Å². The van der Waals surface area contributed by atoms with Crippen molar-refractivity contribution >= 4 is 34.8 Å². The van der Waals surface area contributed by atoms with Crippen molar-refractivity contribution in [1.82, 2.24) is 40.2 Å². The molecule has 322 valence electrons. The third-order valence-corrected chi connectivity index (χ3v) is 10.5. The molecule has 0 bridgehead atoms. The first-order valence-corrected chi connectivity index (χ1v) is 20.4. The highest BCUT2D eigenvalue weighted by molar-refractivity contribution is 6.30. The fraction of sp³-hybridized carbons (Fsp3) is 0.319. The second-order valence-electron chi connectivity index (χ2n) is 15.6. The Kier molecular flexibility index (Phi) is 13.7. The summed E-state index contributed by atoms with van der Waals surface area (Å²) in [4.78, 5) is 35.1. The number of fused-ring (bicyclic) bond motifs is 6. The predicted molar refractivity (Wildman–Crippen MR) is 242 cm³/mol. The van der Waals surface area contributed by atoms with Gasteiger partial charge in [0.15, 0.2) is 24.0 Å². The zero-order chi connectivity index (χ0) is 43.5. The molecule has 0 unspecified atom stereocenters. The van der Waals surface area contributed by atoms with Crippen molar-refractivity contribution in [2.75, 3.05) is 14.2 Å². The molecule has 0 fully saturated rings. The number of rotatable bonds is 9. The van der Waals surface area contributed by atoms with Gasteiger partial charge >= 0.3 is 0 Å². The molecule has 2 aromatic heterocycles. The molecule has 2 aliphatic rings. The molecule has 8 rings (SSSR count). The Hall–Kier alpha value is -6.67. The zero-order valence-corrected chi connectivity index (χ0v) is 36.4. The standard InChI is InChI=1S/C24H27N5O2.C22H22ClN5O2.CH4/c1-14(2)12-21(30)25-23-24-28-27-16(4)29(24)20-11-10-18(31-5)13-19(20)22(26-23)17-8-6-15(3)7-9-17;1-12(2)22(29)25-20-21-27-26-13(3)28(21)18-10-9-16(30-4)11-17(18)19(24-20)14-5-7-15(23)8-6-14;/h6-11,13-14,23H,12H2,1-5H3,(H,25,30);5-12,20H,1-4H3,(H,25,29);1H4/t23-;20-;/m10./s1. The highest BCUT2D eigenvalue weighted by Gasteiger charge is 2.31. The number of nitrogens with one attached hydrogen (secondary N) is 2.